The molecule has 0 atom stereocenters. The number of para-hydroxylation sites is 2. The van der Waals surface area contributed by atoms with Crippen LogP contribution in [0, 0.1) is 0 Å². The summed E-state index contributed by atoms with van der Waals surface area (Å²) < 4.78 is 2.32. The van der Waals surface area contributed by atoms with Gasteiger partial charge in [0.1, 0.15) is 0 Å². The van der Waals surface area contributed by atoms with Gasteiger partial charge in [-0.25, -0.2) is 0 Å². The minimum absolute atomic E-state index is 0.777. The van der Waals surface area contributed by atoms with E-state index in [-0.39, 0.29) is 0 Å². The second-order valence-corrected chi connectivity index (χ2v) is 6.51. The molecule has 2 nitrogen and oxygen atoms in total. The maximum Gasteiger partial charge on any atom is 0.0561 e. The maximum atomic E-state index is 6.13. The van der Waals surface area contributed by atoms with Crippen molar-refractivity contribution in [3.63, 3.8) is 0 Å². The Morgan fingerprint density at radius 3 is 2.15 bits per heavy atom. The van der Waals surface area contributed by atoms with E-state index in [0.29, 0.717) is 0 Å². The van der Waals surface area contributed by atoms with Crippen molar-refractivity contribution in [3.8, 4) is 16.8 Å². The zero-order chi connectivity index (χ0) is 17.5. The molecular weight excluding hydrogens is 316 g/mol. The van der Waals surface area contributed by atoms with Crippen molar-refractivity contribution in [2.75, 3.05) is 5.73 Å². The van der Waals surface area contributed by atoms with Gasteiger partial charge in [-0.05, 0) is 29.8 Å². The van der Waals surface area contributed by atoms with E-state index in [2.05, 4.69) is 89.5 Å². The predicted octanol–water partition coefficient (Wildman–Crippen LogP) is 6.03. The summed E-state index contributed by atoms with van der Waals surface area (Å²) in [5.41, 5.74) is 12.8. The van der Waals surface area contributed by atoms with E-state index < -0.39 is 0 Å². The van der Waals surface area contributed by atoms with Gasteiger partial charge in [0.05, 0.1) is 16.7 Å². The topological polar surface area (TPSA) is 30.9 Å². The van der Waals surface area contributed by atoms with Crippen molar-refractivity contribution in [2.45, 2.75) is 0 Å². The number of nitrogens with zero attached hydrogens (tertiary/aromatic N) is 1. The Kier molecular flexibility index (Phi) is 3.29. The molecule has 5 rings (SSSR count). The van der Waals surface area contributed by atoms with Gasteiger partial charge in [-0.15, -0.1) is 0 Å². The summed E-state index contributed by atoms with van der Waals surface area (Å²) in [5.74, 6) is 0. The third kappa shape index (κ3) is 2.20. The maximum absolute atomic E-state index is 6.13. The molecule has 26 heavy (non-hydrogen) atoms. The third-order valence-corrected chi connectivity index (χ3v) is 4.93. The standard InChI is InChI=1S/C24H18N2/c25-18-14-15-21-20-11-5-7-13-23(20)26(24(21)16-18)22-12-6-4-10-19(22)17-8-2-1-3-9-17/h1-16H,25H2. The van der Waals surface area contributed by atoms with Crippen molar-refractivity contribution in [2.24, 2.45) is 0 Å². The predicted molar refractivity (Wildman–Crippen MR) is 111 cm³/mol. The van der Waals surface area contributed by atoms with Crippen molar-refractivity contribution >= 4 is 27.5 Å². The fourth-order valence-electron chi connectivity index (χ4n) is 3.78. The molecule has 0 aliphatic carbocycles. The molecule has 1 aromatic heterocycles. The minimum Gasteiger partial charge on any atom is -0.399 e. The number of fused-ring (bicyclic) bond motifs is 3. The van der Waals surface area contributed by atoms with Gasteiger partial charge < -0.3 is 10.3 Å². The SMILES string of the molecule is Nc1ccc2c3ccccc3n(-c3ccccc3-c3ccccc3)c2c1. The van der Waals surface area contributed by atoms with Crippen LogP contribution >= 0.6 is 0 Å². The van der Waals surface area contributed by atoms with Gasteiger partial charge in [0, 0.05) is 22.0 Å². The van der Waals surface area contributed by atoms with Gasteiger partial charge in [0.2, 0.25) is 0 Å². The van der Waals surface area contributed by atoms with Crippen LogP contribution in [0.1, 0.15) is 0 Å². The van der Waals surface area contributed by atoms with Gasteiger partial charge in [0.15, 0.2) is 0 Å². The van der Waals surface area contributed by atoms with Crippen LogP contribution in [0.15, 0.2) is 97.1 Å². The monoisotopic (exact) mass is 334 g/mol. The molecule has 4 aromatic carbocycles. The quantitative estimate of drug-likeness (QED) is 0.392. The van der Waals surface area contributed by atoms with Crippen molar-refractivity contribution in [1.82, 2.24) is 4.57 Å². The Morgan fingerprint density at radius 1 is 0.577 bits per heavy atom. The van der Waals surface area contributed by atoms with Gasteiger partial charge >= 0.3 is 0 Å². The first-order valence-electron chi connectivity index (χ1n) is 8.76. The van der Waals surface area contributed by atoms with Crippen molar-refractivity contribution in [1.29, 1.82) is 0 Å². The number of hydrogen-bond donors (Lipinski definition) is 1. The molecule has 0 saturated carbocycles. The first kappa shape index (κ1) is 14.8. The Labute approximate surface area is 152 Å². The van der Waals surface area contributed by atoms with Gasteiger partial charge in [-0.3, -0.25) is 0 Å². The number of rotatable bonds is 2. The highest BCUT2D eigenvalue weighted by molar-refractivity contribution is 6.10. The summed E-state index contributed by atoms with van der Waals surface area (Å²) in [6.45, 7) is 0. The zero-order valence-corrected chi connectivity index (χ0v) is 14.3. The van der Waals surface area contributed by atoms with E-state index in [1.807, 2.05) is 12.1 Å². The molecule has 0 bridgehead atoms. The van der Waals surface area contributed by atoms with E-state index in [9.17, 15) is 0 Å². The second-order valence-electron chi connectivity index (χ2n) is 6.51. The lowest BCUT2D eigenvalue weighted by Crippen LogP contribution is -1.97. The average Bonchev–Trinajstić information content (AvgIpc) is 3.02. The van der Waals surface area contributed by atoms with Gasteiger partial charge in [-0.2, -0.15) is 0 Å². The van der Waals surface area contributed by atoms with E-state index >= 15 is 0 Å². The summed E-state index contributed by atoms with van der Waals surface area (Å²) in [5, 5.41) is 2.46. The first-order chi connectivity index (χ1) is 12.8. The highest BCUT2D eigenvalue weighted by atomic mass is 15.0. The van der Waals surface area contributed by atoms with Gasteiger partial charge in [0.25, 0.3) is 0 Å². The number of hydrogen-bond acceptors (Lipinski definition) is 1. The number of benzene rings is 4. The lowest BCUT2D eigenvalue weighted by atomic mass is 10.0. The molecule has 0 spiro atoms. The Bertz CT molecular complexity index is 1230. The van der Waals surface area contributed by atoms with E-state index in [1.54, 1.807) is 0 Å². The number of nitrogens with two attached hydrogens (primary N) is 1. The molecule has 0 unspecified atom stereocenters. The van der Waals surface area contributed by atoms with E-state index in [0.717, 1.165) is 16.9 Å². The van der Waals surface area contributed by atoms with Crippen molar-refractivity contribution in [3.05, 3.63) is 97.1 Å². The largest absolute Gasteiger partial charge is 0.399 e. The first-order valence-corrected chi connectivity index (χ1v) is 8.76. The van der Waals surface area contributed by atoms with E-state index in [4.69, 9.17) is 5.73 Å². The number of anilines is 1. The Morgan fingerprint density at radius 2 is 1.27 bits per heavy atom. The highest BCUT2D eigenvalue weighted by Crippen LogP contribution is 2.36. The summed E-state index contributed by atoms with van der Waals surface area (Å²) in [6, 6.07) is 33.7. The lowest BCUT2D eigenvalue weighted by Gasteiger charge is -2.14. The van der Waals surface area contributed by atoms with Crippen LogP contribution in [0.3, 0.4) is 0 Å². The fraction of sp³-hybridized carbons (Fsp3) is 0. The molecule has 0 amide bonds. The Balaban J connectivity index is 1.93. The molecule has 0 saturated heterocycles. The van der Waals surface area contributed by atoms with Crippen molar-refractivity contribution < 1.29 is 0 Å². The third-order valence-electron chi connectivity index (χ3n) is 4.93. The van der Waals surface area contributed by atoms with Crippen LogP contribution in [0.2, 0.25) is 0 Å². The molecule has 5 aromatic rings. The van der Waals surface area contributed by atoms with Crippen LogP contribution in [-0.2, 0) is 0 Å². The normalized spacial score (nSPS) is 11.2. The molecule has 1 heterocycles. The summed E-state index contributed by atoms with van der Waals surface area (Å²) >= 11 is 0. The van der Waals surface area contributed by atoms with Crippen LogP contribution < -0.4 is 5.73 Å². The second kappa shape index (κ2) is 5.78. The fourth-order valence-corrected chi connectivity index (χ4v) is 3.78. The van der Waals surface area contributed by atoms with Crippen LogP contribution in [0.5, 0.6) is 0 Å². The van der Waals surface area contributed by atoms with Crippen LogP contribution in [0.25, 0.3) is 38.6 Å². The number of aromatic nitrogens is 1. The molecule has 124 valence electrons. The lowest BCUT2D eigenvalue weighted by molar-refractivity contribution is 1.18. The zero-order valence-electron chi connectivity index (χ0n) is 14.3. The average molecular weight is 334 g/mol. The molecule has 0 aliphatic rings. The molecule has 0 radical (unpaired) electrons. The van der Waals surface area contributed by atoms with Crippen LogP contribution in [-0.4, -0.2) is 4.57 Å². The van der Waals surface area contributed by atoms with E-state index in [1.165, 1.54) is 27.4 Å². The van der Waals surface area contributed by atoms with Crippen LogP contribution in [0.4, 0.5) is 5.69 Å². The molecular formula is C24H18N2. The number of nitrogen functional groups attached to an aromatic ring is 1. The highest BCUT2D eigenvalue weighted by Gasteiger charge is 2.15. The molecule has 0 fully saturated rings. The van der Waals surface area contributed by atoms with Gasteiger partial charge in [-0.1, -0.05) is 72.8 Å². The molecule has 0 aliphatic heterocycles. The minimum atomic E-state index is 0.777. The smallest absolute Gasteiger partial charge is 0.0561 e. The Hall–Kier alpha value is -3.52. The summed E-state index contributed by atoms with van der Waals surface area (Å²) in [7, 11) is 0. The summed E-state index contributed by atoms with van der Waals surface area (Å²) in [6.07, 6.45) is 0. The summed E-state index contributed by atoms with van der Waals surface area (Å²) in [4.78, 5) is 0. The molecule has 2 N–H and O–H groups in total. The molecule has 2 heteroatoms.